The predicted octanol–water partition coefficient (Wildman–Crippen LogP) is 8.00. The van der Waals surface area contributed by atoms with E-state index in [0.717, 1.165) is 11.5 Å². The first-order valence-corrected chi connectivity index (χ1v) is 32.0. The Kier molecular flexibility index (Phi) is 14.1. The van der Waals surface area contributed by atoms with Crippen LogP contribution >= 0.6 is 0 Å². The third-order valence-corrected chi connectivity index (χ3v) is 39.6. The van der Waals surface area contributed by atoms with E-state index in [2.05, 4.69) is 164 Å². The molecule has 2 aliphatic carbocycles. The summed E-state index contributed by atoms with van der Waals surface area (Å²) >= 11 is -2.75. The Morgan fingerprint density at radius 2 is 0.946 bits per heavy atom. The van der Waals surface area contributed by atoms with Crippen LogP contribution in [0, 0.1) is 33.6 Å². The number of allylic oxidation sites excluding steroid dienone is 2. The maximum atomic E-state index is 6.48. The van der Waals surface area contributed by atoms with Gasteiger partial charge >= 0.3 is 338 Å². The first kappa shape index (κ1) is 46.3. The Bertz CT molecular complexity index is 2240. The van der Waals surface area contributed by atoms with Crippen molar-refractivity contribution < 1.29 is 54.4 Å². The van der Waals surface area contributed by atoms with Gasteiger partial charge < -0.3 is 24.8 Å². The van der Waals surface area contributed by atoms with Crippen molar-refractivity contribution in [2.45, 2.75) is 121 Å². The largest absolute Gasteiger partial charge is 1.00 e. The molecule has 0 spiro atoms. The number of rotatable bonds is 7. The fourth-order valence-corrected chi connectivity index (χ4v) is 39.1. The van der Waals surface area contributed by atoms with Crippen LogP contribution < -0.4 is 34.3 Å². The van der Waals surface area contributed by atoms with Gasteiger partial charge in [-0.2, -0.15) is 0 Å². The van der Waals surface area contributed by atoms with E-state index in [9.17, 15) is 0 Å². The van der Waals surface area contributed by atoms with Crippen LogP contribution in [0.4, 0.5) is 0 Å². The predicted molar refractivity (Wildman–Crippen MR) is 233 cm³/mol. The Morgan fingerprint density at radius 1 is 0.571 bits per heavy atom. The molecule has 4 aromatic rings. The number of methoxy groups -OCH3 is 2. The molecule has 0 aliphatic heterocycles. The summed E-state index contributed by atoms with van der Waals surface area (Å²) in [5, 5.41) is 0. The molecule has 0 amide bonds. The van der Waals surface area contributed by atoms with Crippen molar-refractivity contribution in [3.63, 3.8) is 0 Å². The minimum absolute atomic E-state index is 0. The average molecular weight is 975 g/mol. The molecule has 6 rings (SSSR count). The molecule has 2 nitrogen and oxygen atoms in total. The molecule has 298 valence electrons. The summed E-state index contributed by atoms with van der Waals surface area (Å²) in [7, 11) is 3.75. The number of hydrogen-bond acceptors (Lipinski definition) is 2. The van der Waals surface area contributed by atoms with Crippen molar-refractivity contribution in [2.75, 3.05) is 14.2 Å². The number of ether oxygens (including phenoxy) is 2. The molecular formula is C50H64Cl2HfO2Si. The summed E-state index contributed by atoms with van der Waals surface area (Å²) < 4.78 is 13.9. The summed E-state index contributed by atoms with van der Waals surface area (Å²) in [6, 6.07) is 19.3. The molecule has 2 atom stereocenters. The first-order chi connectivity index (χ1) is 25.2. The zero-order chi connectivity index (χ0) is 39.8. The van der Waals surface area contributed by atoms with Gasteiger partial charge in [-0.25, -0.2) is 0 Å². The topological polar surface area (TPSA) is 18.5 Å². The number of aryl methyl sites for hydroxylation is 4. The molecule has 0 aromatic heterocycles. The summed E-state index contributed by atoms with van der Waals surface area (Å²) in [5.41, 5.74) is 21.3. The van der Waals surface area contributed by atoms with Gasteiger partial charge in [-0.15, -0.1) is 0 Å². The van der Waals surface area contributed by atoms with Crippen molar-refractivity contribution in [2.24, 2.45) is 5.92 Å². The van der Waals surface area contributed by atoms with Crippen molar-refractivity contribution in [3.8, 4) is 33.8 Å². The Morgan fingerprint density at radius 3 is 1.29 bits per heavy atom. The SMILES string of the molecule is COc1c(C(C)(C)C)cc2c(c1-c1cc(C)cc(C)c1)C=C(C)[CH]2[Hf+2]([CH]1C(C(C)C)=Cc2c1cc(C(C)(C)C)c(OC)c2-c1cc(C)cc(C)c1)=[Si](C)C.[Cl-].[Cl-]. The number of hydrogen-bond donors (Lipinski definition) is 0. The molecule has 4 aromatic carbocycles. The van der Waals surface area contributed by atoms with Crippen LogP contribution in [0.15, 0.2) is 59.7 Å². The van der Waals surface area contributed by atoms with Gasteiger partial charge in [0, 0.05) is 0 Å². The third kappa shape index (κ3) is 8.38. The van der Waals surface area contributed by atoms with E-state index < -0.39 is 25.6 Å². The molecular weight excluding hydrogens is 910 g/mol. The van der Waals surface area contributed by atoms with Gasteiger partial charge in [-0.3, -0.25) is 0 Å². The Labute approximate surface area is 359 Å². The number of halogens is 2. The Hall–Kier alpha value is -2.37. The van der Waals surface area contributed by atoms with E-state index in [4.69, 9.17) is 9.47 Å². The zero-order valence-electron chi connectivity index (χ0n) is 37.1. The maximum Gasteiger partial charge on any atom is -1.00 e. The molecule has 0 N–H and O–H groups in total. The molecule has 2 aliphatic rings. The quantitative estimate of drug-likeness (QED) is 0.175. The second kappa shape index (κ2) is 17.1. The van der Waals surface area contributed by atoms with E-state index in [-0.39, 0.29) is 35.6 Å². The normalized spacial score (nSPS) is 15.9. The minimum Gasteiger partial charge on any atom is -1.00 e. The van der Waals surface area contributed by atoms with Gasteiger partial charge in [0.05, 0.1) is 0 Å². The van der Waals surface area contributed by atoms with Crippen molar-refractivity contribution >= 4 is 17.6 Å². The van der Waals surface area contributed by atoms with Crippen molar-refractivity contribution in [3.05, 3.63) is 115 Å². The fourth-order valence-electron chi connectivity index (χ4n) is 9.53. The van der Waals surface area contributed by atoms with E-state index in [1.165, 1.54) is 66.8 Å². The van der Waals surface area contributed by atoms with Crippen LogP contribution in [-0.2, 0) is 30.9 Å². The van der Waals surface area contributed by atoms with Gasteiger partial charge in [0.25, 0.3) is 0 Å². The van der Waals surface area contributed by atoms with Crippen LogP contribution in [0.1, 0.15) is 125 Å². The fraction of sp³-hybridized carbons (Fsp3) is 0.440. The number of fused-ring (bicyclic) bond motifs is 2. The van der Waals surface area contributed by atoms with E-state index in [0.29, 0.717) is 13.3 Å². The maximum absolute atomic E-state index is 6.48. The smallest absolute Gasteiger partial charge is 1.00 e. The molecule has 0 saturated carbocycles. The Balaban J connectivity index is 0.00000348. The molecule has 2 unspecified atom stereocenters. The summed E-state index contributed by atoms with van der Waals surface area (Å²) in [6.45, 7) is 35.7. The standard InChI is InChI=1S/C25H31O.C23H27O.C2H6Si.2ClH.Hf/c1-15(2)18-12-19-14-22(25(5,6)7)24(26-8)23(21(19)13-18)20-10-16(3)9-17(4)11-20;1-14-8-15(2)11-18(10-14)21-19-12-16(3)9-17(19)13-20(22(21)24-7)23(4,5)6;1-3-2;;;/h9-15H,1-8H3;8-13H,1-7H3;1-2H3;2*1H;/q;;;;;+2/p-2. The average Bonchev–Trinajstić information content (AvgIpc) is 3.58. The van der Waals surface area contributed by atoms with Crippen molar-refractivity contribution in [1.29, 1.82) is 0 Å². The van der Waals surface area contributed by atoms with Gasteiger partial charge in [0.1, 0.15) is 0 Å². The zero-order valence-corrected chi connectivity index (χ0v) is 43.2. The number of benzene rings is 4. The molecule has 0 heterocycles. The van der Waals surface area contributed by atoms with Gasteiger partial charge in [-0.05, 0) is 0 Å². The molecule has 0 radical (unpaired) electrons. The van der Waals surface area contributed by atoms with Crippen molar-refractivity contribution in [1.82, 2.24) is 0 Å². The van der Waals surface area contributed by atoms with Crippen LogP contribution in [0.5, 0.6) is 11.5 Å². The molecule has 56 heavy (non-hydrogen) atoms. The van der Waals surface area contributed by atoms with Gasteiger partial charge in [0.15, 0.2) is 0 Å². The van der Waals surface area contributed by atoms with E-state index >= 15 is 0 Å². The van der Waals surface area contributed by atoms with Crippen LogP contribution in [0.2, 0.25) is 13.1 Å². The first-order valence-electron chi connectivity index (χ1n) is 19.9. The third-order valence-electron chi connectivity index (χ3n) is 11.7. The summed E-state index contributed by atoms with van der Waals surface area (Å²) in [6.07, 6.45) is 5.20. The second-order valence-electron chi connectivity index (χ2n) is 18.9. The van der Waals surface area contributed by atoms with Crippen LogP contribution in [-0.4, -0.2) is 19.7 Å². The molecule has 0 saturated heterocycles. The summed E-state index contributed by atoms with van der Waals surface area (Å²) in [4.78, 5) is 0. The second-order valence-corrected chi connectivity index (χ2v) is 43.9. The van der Waals surface area contributed by atoms with Gasteiger partial charge in [-0.1, -0.05) is 0 Å². The molecule has 0 fully saturated rings. The molecule has 0 bridgehead atoms. The minimum atomic E-state index is -2.75. The van der Waals surface area contributed by atoms with E-state index in [1.807, 2.05) is 14.2 Å². The van der Waals surface area contributed by atoms with Crippen LogP contribution in [0.25, 0.3) is 34.4 Å². The van der Waals surface area contributed by atoms with Gasteiger partial charge in [0.2, 0.25) is 0 Å². The van der Waals surface area contributed by atoms with Crippen LogP contribution in [0.3, 0.4) is 0 Å². The molecule has 6 heteroatoms. The monoisotopic (exact) mass is 974 g/mol. The van der Waals surface area contributed by atoms with E-state index in [1.54, 1.807) is 22.3 Å². The summed E-state index contributed by atoms with van der Waals surface area (Å²) in [5.74, 6) is 2.53.